The molecule has 36 heavy (non-hydrogen) atoms. The van der Waals surface area contributed by atoms with Crippen LogP contribution >= 0.6 is 11.6 Å². The average Bonchev–Trinajstić information content (AvgIpc) is 3.57. The van der Waals surface area contributed by atoms with Gasteiger partial charge in [-0.1, -0.05) is 17.7 Å². The van der Waals surface area contributed by atoms with Gasteiger partial charge in [-0.15, -0.1) is 0 Å². The predicted molar refractivity (Wildman–Crippen MR) is 130 cm³/mol. The molecule has 2 aromatic rings. The number of piperidine rings is 1. The Morgan fingerprint density at radius 2 is 1.81 bits per heavy atom. The van der Waals surface area contributed by atoms with Gasteiger partial charge < -0.3 is 14.5 Å². The highest BCUT2D eigenvalue weighted by molar-refractivity contribution is 6.30. The highest BCUT2D eigenvalue weighted by Gasteiger charge is 2.43. The zero-order chi connectivity index (χ0) is 25.2. The van der Waals surface area contributed by atoms with Gasteiger partial charge in [0.2, 0.25) is 11.9 Å². The molecule has 1 aromatic carbocycles. The van der Waals surface area contributed by atoms with Gasteiger partial charge in [0.1, 0.15) is 11.6 Å². The van der Waals surface area contributed by atoms with Crippen LogP contribution in [0.15, 0.2) is 30.6 Å². The Balaban J connectivity index is 1.02. The fraction of sp³-hybridized carbons (Fsp3) is 0.577. The summed E-state index contributed by atoms with van der Waals surface area (Å²) >= 11 is 5.88. The topological polar surface area (TPSA) is 58.6 Å². The first-order chi connectivity index (χ1) is 17.4. The SMILES string of the molecule is O=C(Cc1ccc(OCCC2CC2C2CCN(c3ncc(Cl)cn3)CC2)cc1F)N1CC(F)C(F)C1. The highest BCUT2D eigenvalue weighted by Crippen LogP contribution is 2.49. The summed E-state index contributed by atoms with van der Waals surface area (Å²) in [5, 5.41) is 0.540. The van der Waals surface area contributed by atoms with E-state index in [1.807, 2.05) is 0 Å². The van der Waals surface area contributed by atoms with Crippen LogP contribution in [-0.2, 0) is 11.2 Å². The third kappa shape index (κ3) is 5.88. The van der Waals surface area contributed by atoms with Gasteiger partial charge in [-0.05, 0) is 55.1 Å². The van der Waals surface area contributed by atoms with E-state index in [9.17, 15) is 18.0 Å². The molecule has 6 nitrogen and oxygen atoms in total. The summed E-state index contributed by atoms with van der Waals surface area (Å²) in [5.41, 5.74) is 0.197. The molecule has 194 valence electrons. The maximum atomic E-state index is 14.5. The Morgan fingerprint density at radius 3 is 2.47 bits per heavy atom. The van der Waals surface area contributed by atoms with Crippen LogP contribution in [0.1, 0.15) is 31.2 Å². The molecule has 1 aliphatic carbocycles. The molecule has 5 rings (SSSR count). The third-order valence-corrected chi connectivity index (χ3v) is 7.87. The molecule has 0 spiro atoms. The number of aromatic nitrogens is 2. The van der Waals surface area contributed by atoms with E-state index in [1.165, 1.54) is 18.6 Å². The summed E-state index contributed by atoms with van der Waals surface area (Å²) < 4.78 is 46.9. The summed E-state index contributed by atoms with van der Waals surface area (Å²) in [5.74, 6) is 2.18. The number of hydrogen-bond donors (Lipinski definition) is 0. The average molecular weight is 523 g/mol. The lowest BCUT2D eigenvalue weighted by molar-refractivity contribution is -0.129. The summed E-state index contributed by atoms with van der Waals surface area (Å²) in [4.78, 5) is 24.2. The van der Waals surface area contributed by atoms with Gasteiger partial charge >= 0.3 is 0 Å². The quantitative estimate of drug-likeness (QED) is 0.505. The molecule has 2 aliphatic heterocycles. The Labute approximate surface area is 213 Å². The Hall–Kier alpha value is -2.55. The van der Waals surface area contributed by atoms with Crippen LogP contribution in [0.3, 0.4) is 0 Å². The van der Waals surface area contributed by atoms with Crippen molar-refractivity contribution in [1.82, 2.24) is 14.9 Å². The van der Waals surface area contributed by atoms with Crippen molar-refractivity contribution in [3.05, 3.63) is 47.0 Å². The van der Waals surface area contributed by atoms with Crippen LogP contribution in [0.2, 0.25) is 5.02 Å². The van der Waals surface area contributed by atoms with Crippen molar-refractivity contribution in [1.29, 1.82) is 0 Å². The van der Waals surface area contributed by atoms with Gasteiger partial charge in [-0.3, -0.25) is 4.79 Å². The Kier molecular flexibility index (Phi) is 7.55. The lowest BCUT2D eigenvalue weighted by Gasteiger charge is -2.32. The largest absolute Gasteiger partial charge is 0.493 e. The fourth-order valence-corrected chi connectivity index (χ4v) is 5.57. The number of carbonyl (C=O) groups is 1. The number of hydrogen-bond acceptors (Lipinski definition) is 5. The first-order valence-electron chi connectivity index (χ1n) is 12.6. The summed E-state index contributed by atoms with van der Waals surface area (Å²) in [7, 11) is 0. The van der Waals surface area contributed by atoms with Crippen LogP contribution in [-0.4, -0.2) is 65.9 Å². The van der Waals surface area contributed by atoms with Gasteiger partial charge in [0, 0.05) is 19.2 Å². The van der Waals surface area contributed by atoms with Crippen LogP contribution in [0.4, 0.5) is 19.1 Å². The minimum absolute atomic E-state index is 0.197. The van der Waals surface area contributed by atoms with Crippen LogP contribution in [0.25, 0.3) is 0 Å². The van der Waals surface area contributed by atoms with Gasteiger partial charge in [0.25, 0.3) is 0 Å². The lowest BCUT2D eigenvalue weighted by atomic mass is 9.90. The zero-order valence-corrected chi connectivity index (χ0v) is 20.7. The highest BCUT2D eigenvalue weighted by atomic mass is 35.5. The number of likely N-dealkylation sites (tertiary alicyclic amines) is 1. The molecule has 1 amide bonds. The van der Waals surface area contributed by atoms with E-state index in [0.29, 0.717) is 35.1 Å². The van der Waals surface area contributed by atoms with Crippen molar-refractivity contribution >= 4 is 23.5 Å². The molecule has 1 aromatic heterocycles. The van der Waals surface area contributed by atoms with Crippen molar-refractivity contribution in [2.45, 2.75) is 44.4 Å². The van der Waals surface area contributed by atoms with E-state index >= 15 is 0 Å². The molecule has 3 fully saturated rings. The number of amides is 1. The summed E-state index contributed by atoms with van der Waals surface area (Å²) in [6, 6.07) is 4.43. The molecule has 10 heteroatoms. The first-order valence-corrected chi connectivity index (χ1v) is 12.9. The lowest BCUT2D eigenvalue weighted by Crippen LogP contribution is -2.35. The van der Waals surface area contributed by atoms with E-state index < -0.39 is 24.1 Å². The van der Waals surface area contributed by atoms with Crippen LogP contribution < -0.4 is 9.64 Å². The molecule has 4 unspecified atom stereocenters. The standard InChI is InChI=1S/C26H30ClF3N4O2/c27-19-12-31-26(32-13-19)33-6-3-16(4-7-33)21-9-17(21)5-8-36-20-2-1-18(22(28)11-20)10-25(35)34-14-23(29)24(30)15-34/h1-2,11-13,16-17,21,23-24H,3-10,14-15H2. The van der Waals surface area contributed by atoms with E-state index in [-0.39, 0.29) is 25.1 Å². The number of rotatable bonds is 8. The normalized spacial score (nSPS) is 26.3. The summed E-state index contributed by atoms with van der Waals surface area (Å²) in [6.45, 7) is 1.85. The smallest absolute Gasteiger partial charge is 0.227 e. The van der Waals surface area contributed by atoms with Gasteiger partial charge in [0.05, 0.1) is 43.5 Å². The molecule has 0 radical (unpaired) electrons. The number of benzene rings is 1. The number of nitrogens with zero attached hydrogens (tertiary/aromatic N) is 4. The maximum absolute atomic E-state index is 14.5. The molecule has 0 bridgehead atoms. The second kappa shape index (κ2) is 10.8. The van der Waals surface area contributed by atoms with Crippen molar-refractivity contribution in [2.24, 2.45) is 17.8 Å². The van der Waals surface area contributed by atoms with E-state index in [4.69, 9.17) is 16.3 Å². The fourth-order valence-electron chi connectivity index (χ4n) is 5.47. The first kappa shape index (κ1) is 25.1. The van der Waals surface area contributed by atoms with Crippen LogP contribution in [0, 0.1) is 23.6 Å². The minimum atomic E-state index is -1.67. The van der Waals surface area contributed by atoms with Gasteiger partial charge in [-0.25, -0.2) is 23.1 Å². The van der Waals surface area contributed by atoms with Gasteiger partial charge in [0.15, 0.2) is 12.3 Å². The number of alkyl halides is 2. The second-order valence-corrected chi connectivity index (χ2v) is 10.5. The molecule has 3 aliphatic rings. The minimum Gasteiger partial charge on any atom is -0.493 e. The van der Waals surface area contributed by atoms with E-state index in [0.717, 1.165) is 43.2 Å². The molecule has 3 heterocycles. The maximum Gasteiger partial charge on any atom is 0.227 e. The number of ether oxygens (including phenoxy) is 1. The summed E-state index contributed by atoms with van der Waals surface area (Å²) in [6.07, 6.45) is 4.07. The molecular weight excluding hydrogens is 493 g/mol. The number of halogens is 4. The molecule has 1 saturated carbocycles. The Bertz CT molecular complexity index is 1060. The van der Waals surface area contributed by atoms with Crippen molar-refractivity contribution < 1.29 is 22.7 Å². The molecule has 0 N–H and O–H groups in total. The molecule has 4 atom stereocenters. The monoisotopic (exact) mass is 522 g/mol. The number of anilines is 1. The second-order valence-electron chi connectivity index (χ2n) is 10.1. The Morgan fingerprint density at radius 1 is 1.11 bits per heavy atom. The van der Waals surface area contributed by atoms with Crippen molar-refractivity contribution in [3.63, 3.8) is 0 Å². The van der Waals surface area contributed by atoms with Crippen molar-refractivity contribution in [2.75, 3.05) is 37.7 Å². The van der Waals surface area contributed by atoms with E-state index in [1.54, 1.807) is 18.5 Å². The third-order valence-electron chi connectivity index (χ3n) is 7.67. The van der Waals surface area contributed by atoms with E-state index in [2.05, 4.69) is 14.9 Å². The molecular formula is C26H30ClF3N4O2. The van der Waals surface area contributed by atoms with Crippen LogP contribution in [0.5, 0.6) is 5.75 Å². The van der Waals surface area contributed by atoms with Gasteiger partial charge in [-0.2, -0.15) is 0 Å². The molecule has 2 saturated heterocycles. The number of carbonyl (C=O) groups excluding carboxylic acids is 1. The predicted octanol–water partition coefficient (Wildman–Crippen LogP) is 4.65. The zero-order valence-electron chi connectivity index (χ0n) is 20.0. The van der Waals surface area contributed by atoms with Crippen molar-refractivity contribution in [3.8, 4) is 5.75 Å².